The van der Waals surface area contributed by atoms with E-state index in [9.17, 15) is 0 Å². The van der Waals surface area contributed by atoms with E-state index >= 15 is 0 Å². The van der Waals surface area contributed by atoms with Crippen LogP contribution in [0, 0.1) is 5.92 Å². The van der Waals surface area contributed by atoms with Crippen LogP contribution in [0.2, 0.25) is 5.02 Å². The van der Waals surface area contributed by atoms with Crippen molar-refractivity contribution in [2.24, 2.45) is 10.9 Å². The molecule has 0 saturated carbocycles. The quantitative estimate of drug-likeness (QED) is 0.483. The van der Waals surface area contributed by atoms with Crippen molar-refractivity contribution in [2.75, 3.05) is 0 Å². The molecular weight excluding hydrogens is 346 g/mol. The van der Waals surface area contributed by atoms with Crippen LogP contribution in [-0.4, -0.2) is 5.71 Å². The number of halogens is 1. The molecule has 1 nitrogen and oxygen atoms in total. The summed E-state index contributed by atoms with van der Waals surface area (Å²) in [5.41, 5.74) is 6.28. The average Bonchev–Trinajstić information content (AvgIpc) is 2.90. The lowest BCUT2D eigenvalue weighted by molar-refractivity contribution is 0.694. The number of para-hydroxylation sites is 1. The van der Waals surface area contributed by atoms with Crippen LogP contribution < -0.4 is 0 Å². The van der Waals surface area contributed by atoms with Gasteiger partial charge in [-0.2, -0.15) is 0 Å². The molecule has 1 aliphatic carbocycles. The fourth-order valence-electron chi connectivity index (χ4n) is 3.86. The molecule has 3 heteroatoms. The smallest absolute Gasteiger partial charge is 0.0769 e. The normalized spacial score (nSPS) is 20.9. The van der Waals surface area contributed by atoms with Gasteiger partial charge in [-0.05, 0) is 47.4 Å². The summed E-state index contributed by atoms with van der Waals surface area (Å²) in [6.45, 7) is 0. The Balaban J connectivity index is 1.71. The van der Waals surface area contributed by atoms with Gasteiger partial charge in [0.25, 0.3) is 0 Å². The molecule has 0 radical (unpaired) electrons. The lowest BCUT2D eigenvalue weighted by Crippen LogP contribution is -2.16. The molecule has 3 aromatic rings. The number of hydrogen-bond donors (Lipinski definition) is 0. The van der Waals surface area contributed by atoms with E-state index in [2.05, 4.69) is 60.7 Å². The van der Waals surface area contributed by atoms with E-state index in [1.165, 1.54) is 27.3 Å². The van der Waals surface area contributed by atoms with E-state index in [4.69, 9.17) is 16.6 Å². The lowest BCUT2D eigenvalue weighted by Gasteiger charge is -2.22. The van der Waals surface area contributed by atoms with Crippen LogP contribution in [0.25, 0.3) is 0 Å². The molecule has 2 atom stereocenters. The third-order valence-electron chi connectivity index (χ3n) is 4.99. The second-order valence-electron chi connectivity index (χ2n) is 6.53. The Kier molecular flexibility index (Phi) is 3.69. The number of hydrogen-bond acceptors (Lipinski definition) is 2. The molecule has 2 aliphatic rings. The molecular formula is C22H16ClNS. The van der Waals surface area contributed by atoms with Gasteiger partial charge in [0, 0.05) is 21.1 Å². The number of benzene rings is 3. The molecule has 0 bridgehead atoms. The first-order valence-corrected chi connectivity index (χ1v) is 9.73. The monoisotopic (exact) mass is 361 g/mol. The van der Waals surface area contributed by atoms with Crippen LogP contribution >= 0.6 is 23.4 Å². The van der Waals surface area contributed by atoms with E-state index in [1.54, 1.807) is 0 Å². The first-order chi connectivity index (χ1) is 12.3. The largest absolute Gasteiger partial charge is 0.251 e. The Morgan fingerprint density at radius 3 is 2.68 bits per heavy atom. The van der Waals surface area contributed by atoms with Crippen molar-refractivity contribution in [1.82, 2.24) is 0 Å². The summed E-state index contributed by atoms with van der Waals surface area (Å²) in [4.78, 5) is 6.35. The van der Waals surface area contributed by atoms with Crippen molar-refractivity contribution in [1.29, 1.82) is 0 Å². The Labute approximate surface area is 156 Å². The maximum Gasteiger partial charge on any atom is 0.0769 e. The number of thioether (sulfide) groups is 1. The average molecular weight is 362 g/mol. The van der Waals surface area contributed by atoms with Gasteiger partial charge >= 0.3 is 0 Å². The van der Waals surface area contributed by atoms with Gasteiger partial charge in [-0.15, -0.1) is 11.8 Å². The maximum absolute atomic E-state index is 6.30. The number of aliphatic imine (C=N–C) groups is 1. The Morgan fingerprint density at radius 1 is 0.920 bits per heavy atom. The van der Waals surface area contributed by atoms with Crippen molar-refractivity contribution in [3.05, 3.63) is 94.5 Å². The molecule has 1 heterocycles. The van der Waals surface area contributed by atoms with Crippen molar-refractivity contribution < 1.29 is 0 Å². The van der Waals surface area contributed by atoms with Crippen LogP contribution in [0.1, 0.15) is 21.9 Å². The fraction of sp³-hybridized carbons (Fsp3) is 0.136. The minimum Gasteiger partial charge on any atom is -0.251 e. The number of nitrogens with zero attached hydrogens (tertiary/aromatic N) is 1. The summed E-state index contributed by atoms with van der Waals surface area (Å²) in [5, 5.41) is 1.11. The molecule has 122 valence electrons. The van der Waals surface area contributed by atoms with Gasteiger partial charge in [-0.1, -0.05) is 60.1 Å². The molecule has 0 fully saturated rings. The molecule has 5 rings (SSSR count). The molecule has 2 unspecified atom stereocenters. The SMILES string of the molecule is Clc1cccc(C2Sc3ccccc3N=C3c4ccccc4CC32)c1. The number of rotatable bonds is 1. The van der Waals surface area contributed by atoms with Crippen LogP contribution in [0.5, 0.6) is 0 Å². The molecule has 0 amide bonds. The highest BCUT2D eigenvalue weighted by Crippen LogP contribution is 2.51. The topological polar surface area (TPSA) is 12.4 Å². The van der Waals surface area contributed by atoms with Crippen molar-refractivity contribution in [3.63, 3.8) is 0 Å². The highest BCUT2D eigenvalue weighted by Gasteiger charge is 2.37. The summed E-state index contributed by atoms with van der Waals surface area (Å²) in [7, 11) is 0. The van der Waals surface area contributed by atoms with Gasteiger partial charge in [-0.25, -0.2) is 0 Å². The van der Waals surface area contributed by atoms with Gasteiger partial charge < -0.3 is 0 Å². The van der Waals surface area contributed by atoms with Crippen molar-refractivity contribution in [3.8, 4) is 0 Å². The third-order valence-corrected chi connectivity index (χ3v) is 6.68. The van der Waals surface area contributed by atoms with E-state index in [0.29, 0.717) is 11.2 Å². The van der Waals surface area contributed by atoms with E-state index in [0.717, 1.165) is 17.1 Å². The van der Waals surface area contributed by atoms with Crippen LogP contribution in [0.3, 0.4) is 0 Å². The van der Waals surface area contributed by atoms with Crippen LogP contribution in [0.15, 0.2) is 82.7 Å². The Morgan fingerprint density at radius 2 is 1.76 bits per heavy atom. The number of fused-ring (bicyclic) bond motifs is 4. The zero-order valence-electron chi connectivity index (χ0n) is 13.5. The van der Waals surface area contributed by atoms with Crippen molar-refractivity contribution in [2.45, 2.75) is 16.6 Å². The van der Waals surface area contributed by atoms with Crippen molar-refractivity contribution >= 4 is 34.8 Å². The zero-order valence-corrected chi connectivity index (χ0v) is 15.1. The molecule has 0 N–H and O–H groups in total. The van der Waals surface area contributed by atoms with Gasteiger partial charge in [0.05, 0.1) is 11.4 Å². The standard InChI is InChI=1S/C22H16ClNS/c23-16-8-5-7-15(12-16)22-18-13-14-6-1-2-9-17(14)21(18)24-19-10-3-4-11-20(19)25-22/h1-12,18,22H,13H2. The summed E-state index contributed by atoms with van der Waals surface area (Å²) in [6.07, 6.45) is 1.03. The van der Waals surface area contributed by atoms with Gasteiger partial charge in [0.15, 0.2) is 0 Å². The molecule has 3 aromatic carbocycles. The predicted molar refractivity (Wildman–Crippen MR) is 106 cm³/mol. The lowest BCUT2D eigenvalue weighted by atomic mass is 9.94. The minimum absolute atomic E-state index is 0.313. The highest BCUT2D eigenvalue weighted by atomic mass is 35.5. The molecule has 0 saturated heterocycles. The highest BCUT2D eigenvalue weighted by molar-refractivity contribution is 7.99. The summed E-state index contributed by atoms with van der Waals surface area (Å²) in [6, 6.07) is 25.4. The minimum atomic E-state index is 0.313. The summed E-state index contributed by atoms with van der Waals surface area (Å²) < 4.78 is 0. The van der Waals surface area contributed by atoms with E-state index in [1.807, 2.05) is 23.9 Å². The summed E-state index contributed by atoms with van der Waals surface area (Å²) >= 11 is 8.21. The molecule has 25 heavy (non-hydrogen) atoms. The predicted octanol–water partition coefficient (Wildman–Crippen LogP) is 6.48. The van der Waals surface area contributed by atoms with E-state index in [-0.39, 0.29) is 0 Å². The molecule has 0 spiro atoms. The summed E-state index contributed by atoms with van der Waals surface area (Å²) in [5.74, 6) is 0.369. The second kappa shape index (κ2) is 6.05. The Bertz CT molecular complexity index is 995. The fourth-order valence-corrected chi connectivity index (χ4v) is 5.39. The van der Waals surface area contributed by atoms with Gasteiger partial charge in [0.1, 0.15) is 0 Å². The first kappa shape index (κ1) is 15.2. The molecule has 0 aromatic heterocycles. The van der Waals surface area contributed by atoms with Gasteiger partial charge in [-0.3, -0.25) is 4.99 Å². The van der Waals surface area contributed by atoms with E-state index < -0.39 is 0 Å². The maximum atomic E-state index is 6.30. The third kappa shape index (κ3) is 2.61. The first-order valence-electron chi connectivity index (χ1n) is 8.47. The Hall–Kier alpha value is -2.03. The zero-order chi connectivity index (χ0) is 16.8. The van der Waals surface area contributed by atoms with Crippen LogP contribution in [0.4, 0.5) is 5.69 Å². The van der Waals surface area contributed by atoms with Crippen LogP contribution in [-0.2, 0) is 6.42 Å². The van der Waals surface area contributed by atoms with Gasteiger partial charge in [0.2, 0.25) is 0 Å². The second-order valence-corrected chi connectivity index (χ2v) is 8.15. The molecule has 1 aliphatic heterocycles.